The van der Waals surface area contributed by atoms with Gasteiger partial charge in [0.05, 0.1) is 23.5 Å². The van der Waals surface area contributed by atoms with Crippen LogP contribution in [0, 0.1) is 0 Å². The van der Waals surface area contributed by atoms with Gasteiger partial charge in [-0.2, -0.15) is 13.2 Å². The van der Waals surface area contributed by atoms with Crippen LogP contribution in [0.4, 0.5) is 19.0 Å². The van der Waals surface area contributed by atoms with E-state index < -0.39 is 11.7 Å². The van der Waals surface area contributed by atoms with E-state index in [-0.39, 0.29) is 29.7 Å². The van der Waals surface area contributed by atoms with Gasteiger partial charge < -0.3 is 15.0 Å². The van der Waals surface area contributed by atoms with Gasteiger partial charge in [-0.25, -0.2) is 4.98 Å². The number of carbonyl (C=O) groups is 1. The number of alkyl halides is 3. The van der Waals surface area contributed by atoms with Crippen LogP contribution in [0.25, 0.3) is 0 Å². The van der Waals surface area contributed by atoms with Crippen LogP contribution < -0.4 is 5.32 Å². The largest absolute Gasteiger partial charge is 0.417 e. The number of anilines is 1. The summed E-state index contributed by atoms with van der Waals surface area (Å²) in [5.41, 5.74) is -0.864. The normalized spacial score (nSPS) is 21.1. The number of thiocarbonyl (C=S) groups is 1. The molecule has 0 aliphatic carbocycles. The Labute approximate surface area is 153 Å². The van der Waals surface area contributed by atoms with Crippen molar-refractivity contribution in [3.8, 4) is 0 Å². The Morgan fingerprint density at radius 3 is 2.56 bits per heavy atom. The first-order chi connectivity index (χ1) is 11.6. The van der Waals surface area contributed by atoms with Crippen molar-refractivity contribution in [2.45, 2.75) is 32.2 Å². The monoisotopic (exact) mass is 393 g/mol. The number of carbonyl (C=O) groups excluding carboxylic acids is 1. The summed E-state index contributed by atoms with van der Waals surface area (Å²) in [5.74, 6) is -0.256. The molecule has 2 heterocycles. The predicted octanol–water partition coefficient (Wildman–Crippen LogP) is 3.17. The summed E-state index contributed by atoms with van der Waals surface area (Å²) in [5, 5.41) is 2.46. The lowest BCUT2D eigenvalue weighted by Crippen LogP contribution is -2.47. The summed E-state index contributed by atoms with van der Waals surface area (Å²) in [4.78, 5) is 17.5. The van der Waals surface area contributed by atoms with Crippen molar-refractivity contribution in [2.24, 2.45) is 0 Å². The van der Waals surface area contributed by atoms with Gasteiger partial charge in [0.2, 0.25) is 5.91 Å². The minimum absolute atomic E-state index is 0.0572. The maximum Gasteiger partial charge on any atom is 0.417 e. The van der Waals surface area contributed by atoms with Crippen LogP contribution >= 0.6 is 24.0 Å². The Morgan fingerprint density at radius 2 is 2.04 bits per heavy atom. The average molecular weight is 393 g/mol. The van der Waals surface area contributed by atoms with E-state index in [1.807, 2.05) is 18.7 Å². The van der Waals surface area contributed by atoms with E-state index in [9.17, 15) is 18.0 Å². The Balaban J connectivity index is 1.81. The maximum atomic E-state index is 12.5. The lowest BCUT2D eigenvalue weighted by molar-refractivity contribution is -0.137. The lowest BCUT2D eigenvalue weighted by Gasteiger charge is -2.36. The van der Waals surface area contributed by atoms with Gasteiger partial charge >= 0.3 is 6.18 Å². The van der Waals surface area contributed by atoms with Gasteiger partial charge in [-0.05, 0) is 26.0 Å². The molecule has 1 aliphatic heterocycles. The van der Waals surface area contributed by atoms with Crippen molar-refractivity contribution in [3.05, 3.63) is 23.9 Å². The van der Waals surface area contributed by atoms with E-state index in [2.05, 4.69) is 10.3 Å². The van der Waals surface area contributed by atoms with E-state index in [1.165, 1.54) is 11.8 Å². The van der Waals surface area contributed by atoms with Crippen molar-refractivity contribution in [2.75, 3.05) is 24.2 Å². The fraction of sp³-hybridized carbons (Fsp3) is 0.533. The molecule has 1 saturated heterocycles. The zero-order valence-corrected chi connectivity index (χ0v) is 15.3. The fourth-order valence-electron chi connectivity index (χ4n) is 2.36. The van der Waals surface area contributed by atoms with Gasteiger partial charge in [0.25, 0.3) is 0 Å². The van der Waals surface area contributed by atoms with Crippen molar-refractivity contribution < 1.29 is 22.7 Å². The maximum absolute atomic E-state index is 12.5. The Morgan fingerprint density at radius 1 is 1.40 bits per heavy atom. The van der Waals surface area contributed by atoms with Gasteiger partial charge in [0.1, 0.15) is 10.1 Å². The molecule has 10 heteroatoms. The van der Waals surface area contributed by atoms with Crippen LogP contribution in [0.3, 0.4) is 0 Å². The van der Waals surface area contributed by atoms with Crippen LogP contribution in [0.15, 0.2) is 18.3 Å². The second-order valence-corrected chi connectivity index (χ2v) is 7.30. The van der Waals surface area contributed by atoms with E-state index in [0.29, 0.717) is 23.6 Å². The number of hydrogen-bond acceptors (Lipinski definition) is 5. The summed E-state index contributed by atoms with van der Waals surface area (Å²) in [6.45, 7) is 5.24. The van der Waals surface area contributed by atoms with Gasteiger partial charge in [-0.3, -0.25) is 4.79 Å². The summed E-state index contributed by atoms with van der Waals surface area (Å²) < 4.78 is 43.6. The highest BCUT2D eigenvalue weighted by Crippen LogP contribution is 2.28. The third-order valence-electron chi connectivity index (χ3n) is 3.36. The molecule has 1 amide bonds. The topological polar surface area (TPSA) is 54.5 Å². The van der Waals surface area contributed by atoms with E-state index in [0.717, 1.165) is 12.1 Å². The molecule has 0 radical (unpaired) electrons. The number of hydrogen-bond donors (Lipinski definition) is 1. The highest BCUT2D eigenvalue weighted by Gasteiger charge is 2.30. The second kappa shape index (κ2) is 8.33. The van der Waals surface area contributed by atoms with E-state index >= 15 is 0 Å². The summed E-state index contributed by atoms with van der Waals surface area (Å²) in [6.07, 6.45) is -3.64. The standard InChI is InChI=1S/C15H18F3N3O2S2/c1-9-6-21(7-10(2)23-9)14(24)25-8-13(22)20-12-4-3-11(5-19-12)15(16,17)18/h3-5,9-10H,6-8H2,1-2H3,(H,19,20,22)/t9-,10-/m1/s1. The quantitative estimate of drug-likeness (QED) is 0.797. The molecule has 0 aromatic carbocycles. The molecule has 25 heavy (non-hydrogen) atoms. The number of rotatable bonds is 3. The predicted molar refractivity (Wildman–Crippen MR) is 94.5 cm³/mol. The molecule has 1 aliphatic rings. The van der Waals surface area contributed by atoms with E-state index in [1.54, 1.807) is 0 Å². The fourth-order valence-corrected chi connectivity index (χ4v) is 3.34. The molecule has 0 saturated carbocycles. The molecule has 0 bridgehead atoms. The van der Waals surface area contributed by atoms with Crippen molar-refractivity contribution >= 4 is 40.0 Å². The minimum Gasteiger partial charge on any atom is -0.372 e. The number of thioether (sulfide) groups is 1. The summed E-state index contributed by atoms with van der Waals surface area (Å²) in [6, 6.07) is 1.99. The lowest BCUT2D eigenvalue weighted by atomic mass is 10.2. The number of nitrogens with zero attached hydrogens (tertiary/aromatic N) is 2. The van der Waals surface area contributed by atoms with Crippen molar-refractivity contribution in [3.63, 3.8) is 0 Å². The Bertz CT molecular complexity index is 615. The van der Waals surface area contributed by atoms with Crippen LogP contribution in [-0.2, 0) is 15.7 Å². The molecule has 1 N–H and O–H groups in total. The SMILES string of the molecule is C[C@@H]1CN(C(=S)SCC(=O)Nc2ccc(C(F)(F)F)cn2)C[C@@H](C)O1. The van der Waals surface area contributed by atoms with Crippen molar-refractivity contribution in [1.29, 1.82) is 0 Å². The zero-order valence-electron chi connectivity index (χ0n) is 13.7. The number of ether oxygens (including phenoxy) is 1. The third kappa shape index (κ3) is 6.12. The first-order valence-corrected chi connectivity index (χ1v) is 8.95. The zero-order chi connectivity index (χ0) is 18.6. The van der Waals surface area contributed by atoms with Gasteiger partial charge in [0, 0.05) is 19.3 Å². The molecule has 0 unspecified atom stereocenters. The molecule has 0 spiro atoms. The molecule has 2 rings (SSSR count). The molecule has 2 atom stereocenters. The van der Waals surface area contributed by atoms with Gasteiger partial charge in [-0.1, -0.05) is 24.0 Å². The highest BCUT2D eigenvalue weighted by molar-refractivity contribution is 8.23. The third-order valence-corrected chi connectivity index (χ3v) is 4.89. The van der Waals surface area contributed by atoms with Crippen LogP contribution in [0.2, 0.25) is 0 Å². The number of halogens is 3. The number of morpholine rings is 1. The van der Waals surface area contributed by atoms with Crippen LogP contribution in [0.5, 0.6) is 0 Å². The average Bonchev–Trinajstić information content (AvgIpc) is 2.51. The van der Waals surface area contributed by atoms with Crippen LogP contribution in [-0.4, -0.2) is 51.2 Å². The summed E-state index contributed by atoms with van der Waals surface area (Å²) in [7, 11) is 0. The molecule has 138 valence electrons. The Kier molecular flexibility index (Phi) is 6.64. The molecular formula is C15H18F3N3O2S2. The minimum atomic E-state index is -4.45. The first-order valence-electron chi connectivity index (χ1n) is 7.55. The highest BCUT2D eigenvalue weighted by atomic mass is 32.2. The second-order valence-electron chi connectivity index (χ2n) is 5.69. The first kappa shape index (κ1) is 19.9. The Hall–Kier alpha value is -1.39. The molecule has 1 aromatic rings. The molecule has 5 nitrogen and oxygen atoms in total. The number of amides is 1. The summed E-state index contributed by atoms with van der Waals surface area (Å²) >= 11 is 6.54. The molecule has 1 fully saturated rings. The molecule has 1 aromatic heterocycles. The van der Waals surface area contributed by atoms with Crippen molar-refractivity contribution in [1.82, 2.24) is 9.88 Å². The van der Waals surface area contributed by atoms with Crippen LogP contribution in [0.1, 0.15) is 19.4 Å². The number of nitrogens with one attached hydrogen (secondary N) is 1. The van der Waals surface area contributed by atoms with Gasteiger partial charge in [0.15, 0.2) is 0 Å². The number of pyridine rings is 1. The molecular weight excluding hydrogens is 375 g/mol. The smallest absolute Gasteiger partial charge is 0.372 e. The van der Waals surface area contributed by atoms with E-state index in [4.69, 9.17) is 17.0 Å². The number of aromatic nitrogens is 1. The van der Waals surface area contributed by atoms with Gasteiger partial charge in [-0.15, -0.1) is 0 Å².